The summed E-state index contributed by atoms with van der Waals surface area (Å²) in [4.78, 5) is 35.8. The normalized spacial score (nSPS) is 22.2. The third kappa shape index (κ3) is 5.48. The van der Waals surface area contributed by atoms with E-state index in [1.807, 2.05) is 30.3 Å². The zero-order chi connectivity index (χ0) is 26.6. The highest BCUT2D eigenvalue weighted by molar-refractivity contribution is 7.10. The van der Waals surface area contributed by atoms with Crippen LogP contribution in [-0.2, 0) is 4.79 Å². The fraction of sp³-hybridized carbons (Fsp3) is 0.438. The Kier molecular flexibility index (Phi) is 7.98. The van der Waals surface area contributed by atoms with Gasteiger partial charge in [-0.15, -0.1) is 11.3 Å². The minimum absolute atomic E-state index is 0.0326. The van der Waals surface area contributed by atoms with Crippen LogP contribution in [0.2, 0.25) is 0 Å². The molecule has 1 saturated carbocycles. The molecule has 0 radical (unpaired) electrons. The van der Waals surface area contributed by atoms with Gasteiger partial charge in [-0.2, -0.15) is 0 Å². The Morgan fingerprint density at radius 1 is 0.897 bits per heavy atom. The number of thiophene rings is 1. The first-order chi connectivity index (χ1) is 19.2. The number of hydrogen-bond acceptors (Lipinski definition) is 5. The van der Waals surface area contributed by atoms with Crippen molar-refractivity contribution >= 4 is 28.8 Å². The smallest absolute Gasteiger partial charge is 0.254 e. The van der Waals surface area contributed by atoms with Gasteiger partial charge in [0.2, 0.25) is 5.91 Å². The third-order valence-electron chi connectivity index (χ3n) is 8.66. The van der Waals surface area contributed by atoms with Gasteiger partial charge in [0.25, 0.3) is 5.91 Å². The van der Waals surface area contributed by atoms with E-state index in [2.05, 4.69) is 61.8 Å². The molecule has 2 aliphatic heterocycles. The molecule has 3 aromatic rings. The average molecular weight is 543 g/mol. The lowest BCUT2D eigenvalue weighted by Gasteiger charge is -2.44. The number of carbonyl (C=O) groups excluding carboxylic acids is 2. The number of benzene rings is 2. The first kappa shape index (κ1) is 26.1. The summed E-state index contributed by atoms with van der Waals surface area (Å²) >= 11 is 1.65. The molecular weight excluding hydrogens is 504 g/mol. The molecule has 3 aliphatic rings. The van der Waals surface area contributed by atoms with Crippen molar-refractivity contribution in [2.24, 2.45) is 0 Å². The van der Waals surface area contributed by atoms with Gasteiger partial charge in [-0.1, -0.05) is 55.3 Å². The third-order valence-corrected chi connectivity index (χ3v) is 9.60. The van der Waals surface area contributed by atoms with Gasteiger partial charge in [-0.25, -0.2) is 0 Å². The minimum atomic E-state index is -0.396. The van der Waals surface area contributed by atoms with Crippen LogP contribution in [-0.4, -0.2) is 66.9 Å². The van der Waals surface area contributed by atoms with Gasteiger partial charge in [0.1, 0.15) is 0 Å². The molecule has 2 amide bonds. The van der Waals surface area contributed by atoms with Crippen molar-refractivity contribution in [3.63, 3.8) is 0 Å². The van der Waals surface area contributed by atoms with Crippen molar-refractivity contribution in [3.05, 3.63) is 88.1 Å². The van der Waals surface area contributed by atoms with Gasteiger partial charge in [-0.05, 0) is 61.0 Å². The van der Waals surface area contributed by atoms with E-state index in [0.29, 0.717) is 12.1 Å². The predicted octanol–water partition coefficient (Wildman–Crippen LogP) is 5.30. The van der Waals surface area contributed by atoms with E-state index in [4.69, 9.17) is 0 Å². The number of nitrogens with zero attached hydrogens (tertiary/aromatic N) is 3. The number of amides is 2. The fourth-order valence-corrected chi connectivity index (χ4v) is 7.53. The van der Waals surface area contributed by atoms with Crippen LogP contribution in [0.5, 0.6) is 0 Å². The summed E-state index contributed by atoms with van der Waals surface area (Å²) in [5.74, 6) is -0.285. The number of nitrogens with one attached hydrogen (secondary N) is 1. The van der Waals surface area contributed by atoms with E-state index < -0.39 is 5.92 Å². The molecule has 2 unspecified atom stereocenters. The Labute approximate surface area is 235 Å². The Morgan fingerprint density at radius 3 is 2.38 bits per heavy atom. The summed E-state index contributed by atoms with van der Waals surface area (Å²) in [5.41, 5.74) is 2.85. The average Bonchev–Trinajstić information content (AvgIpc) is 3.71. The van der Waals surface area contributed by atoms with E-state index >= 15 is 0 Å². The summed E-state index contributed by atoms with van der Waals surface area (Å²) in [7, 11) is 0. The Balaban J connectivity index is 1.12. The van der Waals surface area contributed by atoms with Crippen molar-refractivity contribution in [2.45, 2.75) is 50.1 Å². The van der Waals surface area contributed by atoms with Crippen molar-refractivity contribution in [3.8, 4) is 0 Å². The van der Waals surface area contributed by atoms with E-state index in [9.17, 15) is 9.59 Å². The SMILES string of the molecule is O=C(NCCCN1CCN(c2ccccc2)CC1)C1c2ccccc2C(=O)N(C2CCCC2)C1c1cccs1. The summed E-state index contributed by atoms with van der Waals surface area (Å²) in [6, 6.07) is 22.4. The molecule has 3 heterocycles. The Morgan fingerprint density at radius 2 is 1.64 bits per heavy atom. The molecule has 1 aliphatic carbocycles. The van der Waals surface area contributed by atoms with Gasteiger partial charge in [0.15, 0.2) is 0 Å². The van der Waals surface area contributed by atoms with E-state index in [-0.39, 0.29) is 23.9 Å². The van der Waals surface area contributed by atoms with Crippen molar-refractivity contribution in [2.75, 3.05) is 44.2 Å². The van der Waals surface area contributed by atoms with E-state index in [0.717, 1.165) is 75.3 Å². The highest BCUT2D eigenvalue weighted by atomic mass is 32.1. The van der Waals surface area contributed by atoms with Gasteiger partial charge >= 0.3 is 0 Å². The molecule has 0 spiro atoms. The number of piperazine rings is 1. The quantitative estimate of drug-likeness (QED) is 0.393. The molecule has 1 N–H and O–H groups in total. The van der Waals surface area contributed by atoms with E-state index in [1.54, 1.807) is 11.3 Å². The van der Waals surface area contributed by atoms with Gasteiger partial charge in [0.05, 0.1) is 12.0 Å². The first-order valence-corrected chi connectivity index (χ1v) is 15.3. The largest absolute Gasteiger partial charge is 0.369 e. The molecule has 1 aromatic heterocycles. The second kappa shape index (κ2) is 11.9. The van der Waals surface area contributed by atoms with Crippen molar-refractivity contribution in [1.82, 2.24) is 15.1 Å². The van der Waals surface area contributed by atoms with Gasteiger partial charge < -0.3 is 15.1 Å². The van der Waals surface area contributed by atoms with Crippen molar-refractivity contribution in [1.29, 1.82) is 0 Å². The minimum Gasteiger partial charge on any atom is -0.369 e. The molecule has 2 atom stereocenters. The summed E-state index contributed by atoms with van der Waals surface area (Å²) < 4.78 is 0. The van der Waals surface area contributed by atoms with Crippen LogP contribution in [0.4, 0.5) is 5.69 Å². The lowest BCUT2D eigenvalue weighted by atomic mass is 9.80. The molecule has 7 heteroatoms. The Hall–Kier alpha value is -3.16. The highest BCUT2D eigenvalue weighted by Crippen LogP contribution is 2.47. The van der Waals surface area contributed by atoms with Crippen molar-refractivity contribution < 1.29 is 9.59 Å². The molecule has 0 bridgehead atoms. The molecule has 204 valence electrons. The zero-order valence-electron chi connectivity index (χ0n) is 22.5. The van der Waals surface area contributed by atoms with Crippen LogP contribution in [0.25, 0.3) is 0 Å². The maximum absolute atomic E-state index is 13.9. The number of fused-ring (bicyclic) bond motifs is 1. The molecular formula is C32H38N4O2S. The van der Waals surface area contributed by atoms with E-state index in [1.165, 1.54) is 5.69 Å². The van der Waals surface area contributed by atoms with Crippen LogP contribution in [0.3, 0.4) is 0 Å². The molecule has 1 saturated heterocycles. The van der Waals surface area contributed by atoms with Crippen LogP contribution in [0, 0.1) is 0 Å². The van der Waals surface area contributed by atoms with Crippen LogP contribution in [0.15, 0.2) is 72.1 Å². The first-order valence-electron chi connectivity index (χ1n) is 14.5. The Bertz CT molecular complexity index is 1250. The maximum Gasteiger partial charge on any atom is 0.254 e. The molecule has 39 heavy (non-hydrogen) atoms. The lowest BCUT2D eigenvalue weighted by Crippen LogP contribution is -2.51. The molecule has 6 rings (SSSR count). The number of rotatable bonds is 8. The number of carbonyl (C=O) groups is 2. The lowest BCUT2D eigenvalue weighted by molar-refractivity contribution is -0.124. The maximum atomic E-state index is 13.9. The zero-order valence-corrected chi connectivity index (χ0v) is 23.3. The summed E-state index contributed by atoms with van der Waals surface area (Å²) in [5, 5.41) is 5.33. The van der Waals surface area contributed by atoms with Gasteiger partial charge in [-0.3, -0.25) is 14.5 Å². The number of hydrogen-bond donors (Lipinski definition) is 1. The highest BCUT2D eigenvalue weighted by Gasteiger charge is 2.47. The number of para-hydroxylation sites is 1. The second-order valence-electron chi connectivity index (χ2n) is 11.0. The number of anilines is 1. The topological polar surface area (TPSA) is 55.9 Å². The van der Waals surface area contributed by atoms with Crippen LogP contribution < -0.4 is 10.2 Å². The molecule has 6 nitrogen and oxygen atoms in total. The van der Waals surface area contributed by atoms with Crippen LogP contribution in [0.1, 0.15) is 64.9 Å². The monoisotopic (exact) mass is 542 g/mol. The summed E-state index contributed by atoms with van der Waals surface area (Å²) in [6.07, 6.45) is 5.23. The fourth-order valence-electron chi connectivity index (χ4n) is 6.67. The standard InChI is InChI=1S/C32H38N4O2S/c37-31(33-17-9-18-34-19-21-35(22-20-34)24-10-2-1-3-11-24)29-26-14-6-7-15-27(26)32(38)36(25-12-4-5-13-25)30(29)28-16-8-23-39-28/h1-3,6-8,10-11,14-16,23,25,29-30H,4-5,9,12-13,17-22H2,(H,33,37). The van der Waals surface area contributed by atoms with Gasteiger partial charge in [0, 0.05) is 54.9 Å². The second-order valence-corrected chi connectivity index (χ2v) is 12.0. The van der Waals surface area contributed by atoms with Crippen LogP contribution >= 0.6 is 11.3 Å². The predicted molar refractivity (Wildman–Crippen MR) is 157 cm³/mol. The molecule has 2 fully saturated rings. The molecule has 2 aromatic carbocycles. The summed E-state index contributed by atoms with van der Waals surface area (Å²) in [6.45, 7) is 5.76.